The molecule has 3 nitrogen and oxygen atoms in total. The van der Waals surface area contributed by atoms with Gasteiger partial charge in [-0.3, -0.25) is 4.79 Å². The third-order valence-electron chi connectivity index (χ3n) is 5.45. The van der Waals surface area contributed by atoms with Crippen LogP contribution in [0.3, 0.4) is 0 Å². The number of carbonyl (C=O) groups excluding carboxylic acids is 1. The highest BCUT2D eigenvalue weighted by Gasteiger charge is 2.33. The zero-order chi connectivity index (χ0) is 14.8. The Hall–Kier alpha value is -1.35. The molecule has 1 aromatic carbocycles. The van der Waals surface area contributed by atoms with Gasteiger partial charge in [0.05, 0.1) is 6.04 Å². The van der Waals surface area contributed by atoms with Crippen LogP contribution in [0, 0.1) is 11.8 Å². The summed E-state index contributed by atoms with van der Waals surface area (Å²) in [4.78, 5) is 14.8. The summed E-state index contributed by atoms with van der Waals surface area (Å²) in [6.07, 6.45) is 6.42. The fourth-order valence-electron chi connectivity index (χ4n) is 4.02. The normalized spacial score (nSPS) is 28.2. The van der Waals surface area contributed by atoms with Crippen molar-refractivity contribution in [2.45, 2.75) is 44.6 Å². The molecular weight excluding hydrogens is 260 g/mol. The Morgan fingerprint density at radius 1 is 1.19 bits per heavy atom. The fraction of sp³-hybridized carbons (Fsp3) is 0.611. The van der Waals surface area contributed by atoms with Crippen LogP contribution in [-0.4, -0.2) is 24.4 Å². The maximum atomic E-state index is 12.8. The van der Waals surface area contributed by atoms with Crippen molar-refractivity contribution in [3.05, 3.63) is 35.4 Å². The molecule has 3 rings (SSSR count). The predicted molar refractivity (Wildman–Crippen MR) is 84.8 cm³/mol. The van der Waals surface area contributed by atoms with Crippen molar-refractivity contribution in [1.29, 1.82) is 0 Å². The number of fused-ring (bicyclic) bond motifs is 1. The zero-order valence-corrected chi connectivity index (χ0v) is 12.9. The predicted octanol–water partition coefficient (Wildman–Crippen LogP) is 2.90. The van der Waals surface area contributed by atoms with E-state index in [0.29, 0.717) is 11.8 Å². The molecule has 3 heteroatoms. The van der Waals surface area contributed by atoms with Crippen LogP contribution in [0.2, 0.25) is 0 Å². The third kappa shape index (κ3) is 2.84. The average molecular weight is 286 g/mol. The first-order chi connectivity index (χ1) is 10.2. The van der Waals surface area contributed by atoms with Gasteiger partial charge in [-0.25, -0.2) is 0 Å². The van der Waals surface area contributed by atoms with Gasteiger partial charge in [-0.1, -0.05) is 24.3 Å². The SMILES string of the molecule is CN(C(=O)C1CCC(CN)CC1)C1CCc2ccccc21. The van der Waals surface area contributed by atoms with E-state index in [4.69, 9.17) is 5.73 Å². The minimum atomic E-state index is 0.213. The first-order valence-electron chi connectivity index (χ1n) is 8.25. The Kier molecular flexibility index (Phi) is 4.29. The Bertz CT molecular complexity index is 506. The molecule has 0 aromatic heterocycles. The fourth-order valence-corrected chi connectivity index (χ4v) is 4.02. The number of carbonyl (C=O) groups is 1. The largest absolute Gasteiger partial charge is 0.338 e. The van der Waals surface area contributed by atoms with E-state index >= 15 is 0 Å². The quantitative estimate of drug-likeness (QED) is 0.928. The summed E-state index contributed by atoms with van der Waals surface area (Å²) in [5.41, 5.74) is 8.50. The summed E-state index contributed by atoms with van der Waals surface area (Å²) in [7, 11) is 1.99. The van der Waals surface area contributed by atoms with E-state index in [2.05, 4.69) is 24.3 Å². The molecule has 0 radical (unpaired) electrons. The second kappa shape index (κ2) is 6.18. The lowest BCUT2D eigenvalue weighted by atomic mass is 9.81. The van der Waals surface area contributed by atoms with Gasteiger partial charge in [0.2, 0.25) is 5.91 Å². The van der Waals surface area contributed by atoms with Crippen molar-refractivity contribution < 1.29 is 4.79 Å². The minimum Gasteiger partial charge on any atom is -0.338 e. The van der Waals surface area contributed by atoms with Gasteiger partial charge < -0.3 is 10.6 Å². The number of aryl methyl sites for hydroxylation is 1. The van der Waals surface area contributed by atoms with Gasteiger partial charge in [0.15, 0.2) is 0 Å². The van der Waals surface area contributed by atoms with Crippen molar-refractivity contribution >= 4 is 5.91 Å². The molecule has 1 amide bonds. The maximum Gasteiger partial charge on any atom is 0.225 e. The van der Waals surface area contributed by atoms with Crippen LogP contribution in [0.15, 0.2) is 24.3 Å². The van der Waals surface area contributed by atoms with E-state index in [0.717, 1.165) is 45.1 Å². The summed E-state index contributed by atoms with van der Waals surface area (Å²) >= 11 is 0. The van der Waals surface area contributed by atoms with Gasteiger partial charge in [0.25, 0.3) is 0 Å². The first-order valence-corrected chi connectivity index (χ1v) is 8.25. The number of hydrogen-bond acceptors (Lipinski definition) is 2. The van der Waals surface area contributed by atoms with Crippen LogP contribution in [0.4, 0.5) is 0 Å². The maximum absolute atomic E-state index is 12.8. The summed E-state index contributed by atoms with van der Waals surface area (Å²) in [5.74, 6) is 1.18. The molecule has 1 saturated carbocycles. The van der Waals surface area contributed by atoms with Crippen molar-refractivity contribution in [3.8, 4) is 0 Å². The van der Waals surface area contributed by atoms with Crippen molar-refractivity contribution in [2.24, 2.45) is 17.6 Å². The highest BCUT2D eigenvalue weighted by Crippen LogP contribution is 2.37. The first kappa shape index (κ1) is 14.6. The molecule has 21 heavy (non-hydrogen) atoms. The lowest BCUT2D eigenvalue weighted by Crippen LogP contribution is -2.37. The van der Waals surface area contributed by atoms with E-state index in [9.17, 15) is 4.79 Å². The van der Waals surface area contributed by atoms with E-state index in [1.165, 1.54) is 11.1 Å². The highest BCUT2D eigenvalue weighted by atomic mass is 16.2. The lowest BCUT2D eigenvalue weighted by molar-refractivity contribution is -0.137. The van der Waals surface area contributed by atoms with Gasteiger partial charge in [-0.2, -0.15) is 0 Å². The van der Waals surface area contributed by atoms with Crippen LogP contribution < -0.4 is 5.73 Å². The molecule has 114 valence electrons. The number of nitrogens with zero attached hydrogens (tertiary/aromatic N) is 1. The molecule has 1 unspecified atom stereocenters. The molecule has 2 N–H and O–H groups in total. The molecule has 2 aliphatic carbocycles. The number of rotatable bonds is 3. The number of amides is 1. The van der Waals surface area contributed by atoms with Crippen LogP contribution in [-0.2, 0) is 11.2 Å². The summed E-state index contributed by atoms with van der Waals surface area (Å²) < 4.78 is 0. The molecule has 0 aliphatic heterocycles. The highest BCUT2D eigenvalue weighted by molar-refractivity contribution is 5.79. The van der Waals surface area contributed by atoms with Crippen LogP contribution in [0.1, 0.15) is 49.3 Å². The smallest absolute Gasteiger partial charge is 0.225 e. The Labute approximate surface area is 127 Å². The second-order valence-electron chi connectivity index (χ2n) is 6.66. The van der Waals surface area contributed by atoms with E-state index in [-0.39, 0.29) is 12.0 Å². The topological polar surface area (TPSA) is 46.3 Å². The van der Waals surface area contributed by atoms with E-state index < -0.39 is 0 Å². The van der Waals surface area contributed by atoms with Crippen molar-refractivity contribution in [1.82, 2.24) is 4.90 Å². The van der Waals surface area contributed by atoms with Crippen molar-refractivity contribution in [2.75, 3.05) is 13.6 Å². The zero-order valence-electron chi connectivity index (χ0n) is 12.9. The third-order valence-corrected chi connectivity index (χ3v) is 5.45. The van der Waals surface area contributed by atoms with Crippen molar-refractivity contribution in [3.63, 3.8) is 0 Å². The molecule has 0 heterocycles. The molecule has 0 spiro atoms. The molecule has 1 fully saturated rings. The Morgan fingerprint density at radius 2 is 1.90 bits per heavy atom. The summed E-state index contributed by atoms with van der Waals surface area (Å²) in [6, 6.07) is 8.84. The summed E-state index contributed by atoms with van der Waals surface area (Å²) in [5, 5.41) is 0. The molecule has 1 aromatic rings. The van der Waals surface area contributed by atoms with Crippen LogP contribution in [0.25, 0.3) is 0 Å². The van der Waals surface area contributed by atoms with E-state index in [1.807, 2.05) is 11.9 Å². The minimum absolute atomic E-state index is 0.213. The summed E-state index contributed by atoms with van der Waals surface area (Å²) in [6.45, 7) is 0.771. The lowest BCUT2D eigenvalue weighted by Gasteiger charge is -2.33. The van der Waals surface area contributed by atoms with Gasteiger partial charge in [0.1, 0.15) is 0 Å². The van der Waals surface area contributed by atoms with Gasteiger partial charge in [-0.15, -0.1) is 0 Å². The Morgan fingerprint density at radius 3 is 2.62 bits per heavy atom. The Balaban J connectivity index is 1.66. The van der Waals surface area contributed by atoms with Gasteiger partial charge >= 0.3 is 0 Å². The number of nitrogens with two attached hydrogens (primary N) is 1. The molecule has 0 saturated heterocycles. The van der Waals surface area contributed by atoms with E-state index in [1.54, 1.807) is 0 Å². The second-order valence-corrected chi connectivity index (χ2v) is 6.66. The monoisotopic (exact) mass is 286 g/mol. The molecule has 2 aliphatic rings. The molecule has 1 atom stereocenters. The standard InChI is InChI=1S/C18H26N2O/c1-20(17-11-10-14-4-2-3-5-16(14)17)18(21)15-8-6-13(12-19)7-9-15/h2-5,13,15,17H,6-12,19H2,1H3. The molecule has 0 bridgehead atoms. The number of benzene rings is 1. The average Bonchev–Trinajstić information content (AvgIpc) is 2.97. The number of hydrogen-bond donors (Lipinski definition) is 1. The van der Waals surface area contributed by atoms with Gasteiger partial charge in [-0.05, 0) is 62.1 Å². The van der Waals surface area contributed by atoms with Gasteiger partial charge in [0, 0.05) is 13.0 Å². The molecular formula is C18H26N2O. The van der Waals surface area contributed by atoms with Crippen LogP contribution >= 0.6 is 0 Å². The van der Waals surface area contributed by atoms with Crippen LogP contribution in [0.5, 0.6) is 0 Å².